The molecule has 0 spiro atoms. The van der Waals surface area contributed by atoms with Gasteiger partial charge in [-0.2, -0.15) is 0 Å². The van der Waals surface area contributed by atoms with Crippen molar-refractivity contribution in [2.45, 2.75) is 12.8 Å². The Morgan fingerprint density at radius 1 is 1.17 bits per heavy atom. The highest BCUT2D eigenvalue weighted by atomic mass is 35.5. The van der Waals surface area contributed by atoms with E-state index in [1.165, 1.54) is 13.0 Å². The van der Waals surface area contributed by atoms with E-state index in [1.54, 1.807) is 0 Å². The zero-order chi connectivity index (χ0) is 7.94. The van der Waals surface area contributed by atoms with Gasteiger partial charge in [0.1, 0.15) is 0 Å². The van der Waals surface area contributed by atoms with Gasteiger partial charge in [-0.1, -0.05) is 0 Å². The SMILES string of the molecule is Cl.NCCCCN1CCOCC1. The Kier molecular flexibility index (Phi) is 7.91. The van der Waals surface area contributed by atoms with Crippen LogP contribution in [-0.4, -0.2) is 44.3 Å². The van der Waals surface area contributed by atoms with E-state index in [4.69, 9.17) is 10.5 Å². The van der Waals surface area contributed by atoms with Gasteiger partial charge in [-0.05, 0) is 25.9 Å². The van der Waals surface area contributed by atoms with Crippen molar-refractivity contribution in [2.24, 2.45) is 5.73 Å². The van der Waals surface area contributed by atoms with Crippen molar-refractivity contribution < 1.29 is 4.74 Å². The maximum Gasteiger partial charge on any atom is 0.0594 e. The van der Waals surface area contributed by atoms with Gasteiger partial charge in [-0.15, -0.1) is 12.4 Å². The molecule has 1 aliphatic heterocycles. The average Bonchev–Trinajstić information content (AvgIpc) is 2.07. The third-order valence-electron chi connectivity index (χ3n) is 2.03. The van der Waals surface area contributed by atoms with Crippen LogP contribution in [0, 0.1) is 0 Å². The van der Waals surface area contributed by atoms with Crippen molar-refractivity contribution in [1.29, 1.82) is 0 Å². The summed E-state index contributed by atoms with van der Waals surface area (Å²) in [5, 5.41) is 0. The third-order valence-corrected chi connectivity index (χ3v) is 2.03. The lowest BCUT2D eigenvalue weighted by atomic mass is 10.3. The van der Waals surface area contributed by atoms with E-state index in [1.807, 2.05) is 0 Å². The van der Waals surface area contributed by atoms with Gasteiger partial charge in [0.2, 0.25) is 0 Å². The van der Waals surface area contributed by atoms with Crippen LogP contribution in [-0.2, 0) is 4.74 Å². The molecule has 0 aromatic carbocycles. The molecule has 3 nitrogen and oxygen atoms in total. The number of halogens is 1. The van der Waals surface area contributed by atoms with E-state index < -0.39 is 0 Å². The fraction of sp³-hybridized carbons (Fsp3) is 1.00. The van der Waals surface area contributed by atoms with Crippen LogP contribution in [0.2, 0.25) is 0 Å². The van der Waals surface area contributed by atoms with E-state index in [0.717, 1.165) is 39.3 Å². The molecule has 0 unspecified atom stereocenters. The number of unbranched alkanes of at least 4 members (excludes halogenated alkanes) is 1. The highest BCUT2D eigenvalue weighted by Gasteiger charge is 2.08. The second-order valence-corrected chi connectivity index (χ2v) is 2.95. The molecule has 1 rings (SSSR count). The summed E-state index contributed by atoms with van der Waals surface area (Å²) in [5.41, 5.74) is 5.40. The second-order valence-electron chi connectivity index (χ2n) is 2.95. The normalized spacial score (nSPS) is 18.8. The summed E-state index contributed by atoms with van der Waals surface area (Å²) in [6, 6.07) is 0. The van der Waals surface area contributed by atoms with Crippen LogP contribution in [0.3, 0.4) is 0 Å². The van der Waals surface area contributed by atoms with E-state index in [-0.39, 0.29) is 12.4 Å². The van der Waals surface area contributed by atoms with Crippen molar-refractivity contribution in [1.82, 2.24) is 4.90 Å². The standard InChI is InChI=1S/C8H18N2O.ClH/c9-3-1-2-4-10-5-7-11-8-6-10;/h1-9H2;1H. The molecule has 0 aromatic rings. The Morgan fingerprint density at radius 3 is 2.42 bits per heavy atom. The molecule has 1 fully saturated rings. The van der Waals surface area contributed by atoms with Crippen LogP contribution < -0.4 is 5.73 Å². The van der Waals surface area contributed by atoms with Crippen molar-refractivity contribution in [2.75, 3.05) is 39.4 Å². The fourth-order valence-electron chi connectivity index (χ4n) is 1.30. The Labute approximate surface area is 80.7 Å². The summed E-state index contributed by atoms with van der Waals surface area (Å²) in [4.78, 5) is 2.44. The number of nitrogens with zero attached hydrogens (tertiary/aromatic N) is 1. The topological polar surface area (TPSA) is 38.5 Å². The zero-order valence-electron chi connectivity index (χ0n) is 7.50. The van der Waals surface area contributed by atoms with Crippen LogP contribution in [0.4, 0.5) is 0 Å². The molecule has 1 aliphatic rings. The Bertz CT molecular complexity index is 97.1. The molecule has 0 saturated carbocycles. The summed E-state index contributed by atoms with van der Waals surface area (Å²) in [6.45, 7) is 6.03. The monoisotopic (exact) mass is 194 g/mol. The molecular formula is C8H19ClN2O. The number of ether oxygens (including phenoxy) is 1. The molecule has 0 amide bonds. The third kappa shape index (κ3) is 4.93. The van der Waals surface area contributed by atoms with Gasteiger partial charge in [0.05, 0.1) is 13.2 Å². The minimum absolute atomic E-state index is 0. The molecule has 1 heterocycles. The first-order chi connectivity index (χ1) is 5.43. The number of hydrogen-bond donors (Lipinski definition) is 1. The summed E-state index contributed by atoms with van der Waals surface area (Å²) in [5.74, 6) is 0. The lowest BCUT2D eigenvalue weighted by Gasteiger charge is -2.26. The zero-order valence-corrected chi connectivity index (χ0v) is 8.31. The van der Waals surface area contributed by atoms with Crippen LogP contribution in [0.15, 0.2) is 0 Å². The number of nitrogens with two attached hydrogens (primary N) is 1. The predicted octanol–water partition coefficient (Wildman–Crippen LogP) is 0.479. The van der Waals surface area contributed by atoms with Gasteiger partial charge in [-0.25, -0.2) is 0 Å². The molecule has 2 N–H and O–H groups in total. The maximum atomic E-state index is 5.40. The molecular weight excluding hydrogens is 176 g/mol. The molecule has 0 atom stereocenters. The largest absolute Gasteiger partial charge is 0.379 e. The van der Waals surface area contributed by atoms with Crippen LogP contribution in [0.5, 0.6) is 0 Å². The summed E-state index contributed by atoms with van der Waals surface area (Å²) < 4.78 is 5.24. The van der Waals surface area contributed by atoms with E-state index >= 15 is 0 Å². The Hall–Kier alpha value is 0.170. The summed E-state index contributed by atoms with van der Waals surface area (Å²) in [7, 11) is 0. The number of rotatable bonds is 4. The molecule has 1 saturated heterocycles. The Balaban J connectivity index is 0.00000121. The van der Waals surface area contributed by atoms with Crippen LogP contribution in [0.25, 0.3) is 0 Å². The smallest absolute Gasteiger partial charge is 0.0594 e. The van der Waals surface area contributed by atoms with E-state index in [0.29, 0.717) is 0 Å². The number of morpholine rings is 1. The second kappa shape index (κ2) is 7.80. The first kappa shape index (κ1) is 12.2. The van der Waals surface area contributed by atoms with Crippen molar-refractivity contribution in [3.05, 3.63) is 0 Å². The molecule has 0 radical (unpaired) electrons. The highest BCUT2D eigenvalue weighted by Crippen LogP contribution is 1.98. The molecule has 12 heavy (non-hydrogen) atoms. The fourth-order valence-corrected chi connectivity index (χ4v) is 1.30. The van der Waals surface area contributed by atoms with Gasteiger partial charge < -0.3 is 10.5 Å². The van der Waals surface area contributed by atoms with Crippen LogP contribution >= 0.6 is 12.4 Å². The average molecular weight is 195 g/mol. The molecule has 4 heteroatoms. The van der Waals surface area contributed by atoms with E-state index in [2.05, 4.69) is 4.90 Å². The molecule has 74 valence electrons. The van der Waals surface area contributed by atoms with Gasteiger partial charge in [0.25, 0.3) is 0 Å². The Morgan fingerprint density at radius 2 is 1.83 bits per heavy atom. The van der Waals surface area contributed by atoms with E-state index in [9.17, 15) is 0 Å². The lowest BCUT2D eigenvalue weighted by molar-refractivity contribution is 0.0373. The van der Waals surface area contributed by atoms with Crippen LogP contribution in [0.1, 0.15) is 12.8 Å². The minimum Gasteiger partial charge on any atom is -0.379 e. The highest BCUT2D eigenvalue weighted by molar-refractivity contribution is 5.85. The summed E-state index contributed by atoms with van der Waals surface area (Å²) >= 11 is 0. The molecule has 0 aromatic heterocycles. The van der Waals surface area contributed by atoms with Gasteiger partial charge in [-0.3, -0.25) is 4.90 Å². The van der Waals surface area contributed by atoms with Crippen molar-refractivity contribution in [3.8, 4) is 0 Å². The maximum absolute atomic E-state index is 5.40. The number of hydrogen-bond acceptors (Lipinski definition) is 3. The van der Waals surface area contributed by atoms with Crippen molar-refractivity contribution >= 4 is 12.4 Å². The van der Waals surface area contributed by atoms with Gasteiger partial charge >= 0.3 is 0 Å². The molecule has 0 bridgehead atoms. The predicted molar refractivity (Wildman–Crippen MR) is 52.8 cm³/mol. The quantitative estimate of drug-likeness (QED) is 0.662. The van der Waals surface area contributed by atoms with Gasteiger partial charge in [0, 0.05) is 13.1 Å². The van der Waals surface area contributed by atoms with Crippen molar-refractivity contribution in [3.63, 3.8) is 0 Å². The lowest BCUT2D eigenvalue weighted by Crippen LogP contribution is -2.36. The molecule has 0 aliphatic carbocycles. The first-order valence-corrected chi connectivity index (χ1v) is 4.43. The summed E-state index contributed by atoms with van der Waals surface area (Å²) in [6.07, 6.45) is 2.38. The first-order valence-electron chi connectivity index (χ1n) is 4.43. The minimum atomic E-state index is 0. The van der Waals surface area contributed by atoms with Gasteiger partial charge in [0.15, 0.2) is 0 Å².